The Hall–Kier alpha value is -1.06. The zero-order valence-electron chi connectivity index (χ0n) is 8.99. The fourth-order valence-corrected chi connectivity index (χ4v) is 2.46. The molecule has 16 heavy (non-hydrogen) atoms. The number of nitrogens with zero attached hydrogens (tertiary/aromatic N) is 2. The van der Waals surface area contributed by atoms with E-state index in [0.29, 0.717) is 5.92 Å². The molecular weight excluding hydrogens is 222 g/mol. The highest BCUT2D eigenvalue weighted by Gasteiger charge is 2.15. The van der Waals surface area contributed by atoms with Crippen LogP contribution in [0, 0.1) is 5.92 Å². The predicted octanol–water partition coefficient (Wildman–Crippen LogP) is 2.30. The Bertz CT molecular complexity index is 500. The number of fused-ring (bicyclic) bond motifs is 1. The lowest BCUT2D eigenvalue weighted by Crippen LogP contribution is -2.14. The molecule has 1 fully saturated rings. The quantitative estimate of drug-likeness (QED) is 0.866. The van der Waals surface area contributed by atoms with E-state index in [1.807, 2.05) is 22.9 Å². The van der Waals surface area contributed by atoms with Crippen molar-refractivity contribution in [2.45, 2.75) is 13.0 Å². The monoisotopic (exact) mass is 235 g/mol. The van der Waals surface area contributed by atoms with E-state index < -0.39 is 0 Å². The number of aromatic nitrogens is 2. The summed E-state index contributed by atoms with van der Waals surface area (Å²) in [5, 5.41) is 9.82. The molecule has 1 unspecified atom stereocenters. The third-order valence-electron chi connectivity index (χ3n) is 3.12. The normalized spacial score (nSPS) is 20.7. The Morgan fingerprint density at radius 2 is 2.44 bits per heavy atom. The largest absolute Gasteiger partial charge is 0.316 e. The number of nitrogens with one attached hydrogen (secondary N) is 1. The van der Waals surface area contributed by atoms with Gasteiger partial charge in [0.1, 0.15) is 0 Å². The van der Waals surface area contributed by atoms with Gasteiger partial charge in [-0.25, -0.2) is 0 Å². The highest BCUT2D eigenvalue weighted by atomic mass is 35.5. The summed E-state index contributed by atoms with van der Waals surface area (Å²) in [4.78, 5) is 0. The van der Waals surface area contributed by atoms with Crippen LogP contribution in [0.25, 0.3) is 10.9 Å². The van der Waals surface area contributed by atoms with E-state index in [-0.39, 0.29) is 0 Å². The maximum atomic E-state index is 5.95. The first kappa shape index (κ1) is 10.1. The lowest BCUT2D eigenvalue weighted by molar-refractivity contribution is 0.452. The van der Waals surface area contributed by atoms with Crippen molar-refractivity contribution in [3.05, 3.63) is 29.4 Å². The van der Waals surface area contributed by atoms with Crippen molar-refractivity contribution < 1.29 is 0 Å². The van der Waals surface area contributed by atoms with Gasteiger partial charge < -0.3 is 5.32 Å². The fourth-order valence-electron chi connectivity index (χ4n) is 2.28. The summed E-state index contributed by atoms with van der Waals surface area (Å²) >= 11 is 5.95. The third kappa shape index (κ3) is 1.93. The molecule has 2 aromatic rings. The van der Waals surface area contributed by atoms with Crippen LogP contribution in [0.1, 0.15) is 6.42 Å². The molecule has 1 saturated heterocycles. The first-order valence-corrected chi connectivity index (χ1v) is 6.02. The second-order valence-corrected chi connectivity index (χ2v) is 4.85. The molecule has 1 aliphatic heterocycles. The summed E-state index contributed by atoms with van der Waals surface area (Å²) in [6.45, 7) is 3.24. The van der Waals surface area contributed by atoms with Crippen LogP contribution in [-0.2, 0) is 6.54 Å². The molecule has 4 heteroatoms. The van der Waals surface area contributed by atoms with Crippen LogP contribution < -0.4 is 5.32 Å². The fraction of sp³-hybridized carbons (Fsp3) is 0.417. The predicted molar refractivity (Wildman–Crippen MR) is 65.7 cm³/mol. The topological polar surface area (TPSA) is 29.9 Å². The molecule has 0 bridgehead atoms. The summed E-state index contributed by atoms with van der Waals surface area (Å²) < 4.78 is 2.04. The molecule has 0 saturated carbocycles. The highest BCUT2D eigenvalue weighted by Crippen LogP contribution is 2.19. The van der Waals surface area contributed by atoms with Crippen molar-refractivity contribution >= 4 is 22.5 Å². The van der Waals surface area contributed by atoms with Crippen LogP contribution in [0.4, 0.5) is 0 Å². The van der Waals surface area contributed by atoms with Gasteiger partial charge >= 0.3 is 0 Å². The van der Waals surface area contributed by atoms with Crippen LogP contribution >= 0.6 is 11.6 Å². The first-order chi connectivity index (χ1) is 7.81. The Morgan fingerprint density at radius 3 is 3.25 bits per heavy atom. The lowest BCUT2D eigenvalue weighted by atomic mass is 10.1. The summed E-state index contributed by atoms with van der Waals surface area (Å²) in [7, 11) is 0. The SMILES string of the molecule is Clc1ccc2nn(CC3CCNC3)cc2c1. The number of hydrogen-bond donors (Lipinski definition) is 1. The molecule has 3 rings (SSSR count). The van der Waals surface area contributed by atoms with E-state index in [4.69, 9.17) is 11.6 Å². The molecule has 3 nitrogen and oxygen atoms in total. The van der Waals surface area contributed by atoms with Gasteiger partial charge in [0.15, 0.2) is 0 Å². The summed E-state index contributed by atoms with van der Waals surface area (Å²) in [6, 6.07) is 5.83. The van der Waals surface area contributed by atoms with E-state index in [0.717, 1.165) is 35.6 Å². The van der Waals surface area contributed by atoms with Crippen LogP contribution in [0.2, 0.25) is 5.02 Å². The minimum absolute atomic E-state index is 0.713. The average molecular weight is 236 g/mol. The maximum absolute atomic E-state index is 5.95. The Labute approximate surface area is 99.4 Å². The second kappa shape index (κ2) is 4.07. The maximum Gasteiger partial charge on any atom is 0.0924 e. The van der Waals surface area contributed by atoms with Crippen molar-refractivity contribution in [1.82, 2.24) is 15.1 Å². The third-order valence-corrected chi connectivity index (χ3v) is 3.36. The van der Waals surface area contributed by atoms with Crippen LogP contribution in [0.15, 0.2) is 24.4 Å². The van der Waals surface area contributed by atoms with E-state index >= 15 is 0 Å². The molecule has 84 valence electrons. The zero-order valence-corrected chi connectivity index (χ0v) is 9.74. The van der Waals surface area contributed by atoms with Crippen molar-refractivity contribution in [3.8, 4) is 0 Å². The van der Waals surface area contributed by atoms with Crippen LogP contribution in [0.3, 0.4) is 0 Å². The van der Waals surface area contributed by atoms with E-state index in [1.165, 1.54) is 6.42 Å². The van der Waals surface area contributed by atoms with Gasteiger partial charge in [-0.3, -0.25) is 4.68 Å². The molecule has 0 aliphatic carbocycles. The number of halogens is 1. The molecule has 0 radical (unpaired) electrons. The number of hydrogen-bond acceptors (Lipinski definition) is 2. The van der Waals surface area contributed by atoms with Crippen molar-refractivity contribution in [2.75, 3.05) is 13.1 Å². The number of benzene rings is 1. The zero-order chi connectivity index (χ0) is 11.0. The van der Waals surface area contributed by atoms with Crippen LogP contribution in [0.5, 0.6) is 0 Å². The van der Waals surface area contributed by atoms with E-state index in [1.54, 1.807) is 0 Å². The molecular formula is C12H14ClN3. The Morgan fingerprint density at radius 1 is 1.50 bits per heavy atom. The molecule has 1 N–H and O–H groups in total. The molecule has 1 aromatic heterocycles. The van der Waals surface area contributed by atoms with Crippen LogP contribution in [-0.4, -0.2) is 22.9 Å². The van der Waals surface area contributed by atoms with Gasteiger partial charge in [0.05, 0.1) is 5.52 Å². The lowest BCUT2D eigenvalue weighted by Gasteiger charge is -2.07. The average Bonchev–Trinajstić information content (AvgIpc) is 2.86. The van der Waals surface area contributed by atoms with Gasteiger partial charge in [-0.1, -0.05) is 11.6 Å². The molecule has 1 atom stereocenters. The number of rotatable bonds is 2. The summed E-state index contributed by atoms with van der Waals surface area (Å²) in [6.07, 6.45) is 3.33. The van der Waals surface area contributed by atoms with Gasteiger partial charge in [-0.2, -0.15) is 5.10 Å². The van der Waals surface area contributed by atoms with Gasteiger partial charge in [0.25, 0.3) is 0 Å². The molecule has 0 spiro atoms. The second-order valence-electron chi connectivity index (χ2n) is 4.41. The van der Waals surface area contributed by atoms with Crippen molar-refractivity contribution in [3.63, 3.8) is 0 Å². The minimum atomic E-state index is 0.713. The summed E-state index contributed by atoms with van der Waals surface area (Å²) in [5.41, 5.74) is 1.02. The van der Waals surface area contributed by atoms with Gasteiger partial charge in [-0.05, 0) is 43.6 Å². The van der Waals surface area contributed by atoms with E-state index in [2.05, 4.69) is 16.6 Å². The molecule has 2 heterocycles. The van der Waals surface area contributed by atoms with Gasteiger partial charge in [-0.15, -0.1) is 0 Å². The first-order valence-electron chi connectivity index (χ1n) is 5.65. The van der Waals surface area contributed by atoms with Gasteiger partial charge in [0, 0.05) is 23.2 Å². The van der Waals surface area contributed by atoms with Crippen molar-refractivity contribution in [2.24, 2.45) is 5.92 Å². The minimum Gasteiger partial charge on any atom is -0.316 e. The Balaban J connectivity index is 1.86. The molecule has 0 amide bonds. The van der Waals surface area contributed by atoms with E-state index in [9.17, 15) is 0 Å². The highest BCUT2D eigenvalue weighted by molar-refractivity contribution is 6.31. The molecule has 1 aromatic carbocycles. The van der Waals surface area contributed by atoms with Crippen molar-refractivity contribution in [1.29, 1.82) is 0 Å². The summed E-state index contributed by atoms with van der Waals surface area (Å²) in [5.74, 6) is 0.713. The standard InChI is InChI=1S/C12H14ClN3/c13-11-1-2-12-10(5-11)8-16(15-12)7-9-3-4-14-6-9/h1-2,5,8-9,14H,3-4,6-7H2. The Kier molecular flexibility index (Phi) is 2.58. The smallest absolute Gasteiger partial charge is 0.0924 e. The van der Waals surface area contributed by atoms with Gasteiger partial charge in [0.2, 0.25) is 0 Å². The molecule has 1 aliphatic rings.